The Morgan fingerprint density at radius 3 is 2.39 bits per heavy atom. The van der Waals surface area contributed by atoms with E-state index in [9.17, 15) is 4.39 Å². The molecule has 0 amide bonds. The van der Waals surface area contributed by atoms with Gasteiger partial charge in [-0.2, -0.15) is 0 Å². The van der Waals surface area contributed by atoms with Gasteiger partial charge in [-0.3, -0.25) is 0 Å². The molecular weight excluding hydrogens is 360 g/mol. The first-order valence-electron chi connectivity index (χ1n) is 5.13. The van der Waals surface area contributed by atoms with Crippen LogP contribution in [0, 0.1) is 5.82 Å². The lowest BCUT2D eigenvalue weighted by Crippen LogP contribution is -2.05. The molecule has 0 fully saturated rings. The van der Waals surface area contributed by atoms with Gasteiger partial charge in [-0.15, -0.1) is 11.3 Å². The molecule has 1 unspecified atom stereocenters. The molecule has 1 atom stereocenters. The minimum Gasteiger partial charge on any atom is -0.378 e. The van der Waals surface area contributed by atoms with E-state index in [1.807, 2.05) is 19.1 Å². The summed E-state index contributed by atoms with van der Waals surface area (Å²) in [6.45, 7) is 2.02. The van der Waals surface area contributed by atoms with Crippen LogP contribution in [0.5, 0.6) is 0 Å². The lowest BCUT2D eigenvalue weighted by molar-refractivity contribution is 0.628. The summed E-state index contributed by atoms with van der Waals surface area (Å²) >= 11 is 16.6. The van der Waals surface area contributed by atoms with Crippen molar-refractivity contribution in [1.82, 2.24) is 0 Å². The molecule has 0 spiro atoms. The molecule has 0 radical (unpaired) electrons. The number of anilines is 1. The van der Waals surface area contributed by atoms with Crippen molar-refractivity contribution in [1.29, 1.82) is 0 Å². The Hall–Kier alpha value is -0.290. The fraction of sp³-hybridized carbons (Fsp3) is 0.167. The predicted molar refractivity (Wildman–Crippen MR) is 80.5 cm³/mol. The van der Waals surface area contributed by atoms with Gasteiger partial charge in [-0.1, -0.05) is 23.2 Å². The first kappa shape index (κ1) is 14.1. The third-order valence-corrected chi connectivity index (χ3v) is 4.74. The number of hydrogen-bond donors (Lipinski definition) is 1. The monoisotopic (exact) mass is 367 g/mol. The van der Waals surface area contributed by atoms with Gasteiger partial charge in [-0.25, -0.2) is 4.39 Å². The second kappa shape index (κ2) is 5.78. The molecule has 0 aliphatic rings. The summed E-state index contributed by atoms with van der Waals surface area (Å²) in [4.78, 5) is 1.17. The molecule has 1 aromatic carbocycles. The molecule has 1 aromatic heterocycles. The van der Waals surface area contributed by atoms with Crippen LogP contribution in [-0.4, -0.2) is 0 Å². The Bertz CT molecular complexity index is 550. The molecule has 0 aliphatic heterocycles. The number of benzene rings is 1. The molecule has 1 nitrogen and oxygen atoms in total. The summed E-state index contributed by atoms with van der Waals surface area (Å²) in [5, 5.41) is 3.27. The summed E-state index contributed by atoms with van der Waals surface area (Å²) in [5.41, 5.74) is 0.698. The Balaban J connectivity index is 2.19. The number of thiophene rings is 1. The number of rotatable bonds is 3. The van der Waals surface area contributed by atoms with Crippen molar-refractivity contribution in [3.63, 3.8) is 0 Å². The number of nitrogens with one attached hydrogen (secondary N) is 1. The highest BCUT2D eigenvalue weighted by Gasteiger charge is 2.11. The molecule has 2 aromatic rings. The minimum atomic E-state index is -0.588. The normalized spacial score (nSPS) is 12.5. The van der Waals surface area contributed by atoms with Crippen LogP contribution in [0.3, 0.4) is 0 Å². The molecule has 0 aliphatic carbocycles. The first-order valence-corrected chi connectivity index (χ1v) is 7.50. The largest absolute Gasteiger partial charge is 0.378 e. The van der Waals surface area contributed by atoms with Crippen molar-refractivity contribution in [2.24, 2.45) is 0 Å². The molecule has 0 saturated heterocycles. The van der Waals surface area contributed by atoms with Gasteiger partial charge in [-0.05, 0) is 47.1 Å². The van der Waals surface area contributed by atoms with Gasteiger partial charge in [0.05, 0.1) is 19.9 Å². The van der Waals surface area contributed by atoms with Crippen LogP contribution in [0.2, 0.25) is 10.0 Å². The summed E-state index contributed by atoms with van der Waals surface area (Å²) in [6, 6.07) is 7.17. The van der Waals surface area contributed by atoms with Crippen LogP contribution in [-0.2, 0) is 0 Å². The van der Waals surface area contributed by atoms with E-state index in [1.165, 1.54) is 17.0 Å². The highest BCUT2D eigenvalue weighted by molar-refractivity contribution is 9.11. The third kappa shape index (κ3) is 3.18. The van der Waals surface area contributed by atoms with Gasteiger partial charge in [0.1, 0.15) is 0 Å². The van der Waals surface area contributed by atoms with Gasteiger partial charge in [0, 0.05) is 10.6 Å². The Labute approximate surface area is 127 Å². The second-order valence-electron chi connectivity index (χ2n) is 3.76. The Morgan fingerprint density at radius 2 is 1.89 bits per heavy atom. The zero-order valence-corrected chi connectivity index (χ0v) is 13.2. The first-order chi connectivity index (χ1) is 8.47. The summed E-state index contributed by atoms with van der Waals surface area (Å²) in [5.74, 6) is -0.588. The molecule has 1 heterocycles. The summed E-state index contributed by atoms with van der Waals surface area (Å²) in [7, 11) is 0. The Kier molecular flexibility index (Phi) is 4.54. The van der Waals surface area contributed by atoms with Gasteiger partial charge >= 0.3 is 0 Å². The lowest BCUT2D eigenvalue weighted by atomic mass is 10.2. The van der Waals surface area contributed by atoms with E-state index in [2.05, 4.69) is 21.2 Å². The standard InChI is InChI=1S/C12H9BrCl2FNS/c1-6(10-2-3-11(13)18-10)17-7-4-8(14)12(16)9(15)5-7/h2-6,17H,1H3. The van der Waals surface area contributed by atoms with E-state index in [0.717, 1.165) is 3.79 Å². The second-order valence-corrected chi connectivity index (χ2v) is 7.07. The highest BCUT2D eigenvalue weighted by atomic mass is 79.9. The van der Waals surface area contributed by atoms with Gasteiger partial charge in [0.2, 0.25) is 0 Å². The van der Waals surface area contributed by atoms with Crippen molar-refractivity contribution >= 4 is 56.2 Å². The minimum absolute atomic E-state index is 0.0181. The SMILES string of the molecule is CC(Nc1cc(Cl)c(F)c(Cl)c1)c1ccc(Br)s1. The molecule has 0 saturated carbocycles. The van der Waals surface area contributed by atoms with E-state index >= 15 is 0 Å². The van der Waals surface area contributed by atoms with Crippen LogP contribution in [0.1, 0.15) is 17.8 Å². The van der Waals surface area contributed by atoms with Crippen molar-refractivity contribution in [2.75, 3.05) is 5.32 Å². The van der Waals surface area contributed by atoms with Crippen molar-refractivity contribution < 1.29 is 4.39 Å². The molecular formula is C12H9BrCl2FNS. The molecule has 1 N–H and O–H groups in total. The van der Waals surface area contributed by atoms with Gasteiger partial charge in [0.25, 0.3) is 0 Å². The summed E-state index contributed by atoms with van der Waals surface area (Å²) in [6.07, 6.45) is 0. The quantitative estimate of drug-likeness (QED) is 0.642. The predicted octanol–water partition coefficient (Wildman–Crippen LogP) is 6.13. The summed E-state index contributed by atoms with van der Waals surface area (Å²) < 4.78 is 14.3. The van der Waals surface area contributed by atoms with Crippen LogP contribution >= 0.6 is 50.5 Å². The fourth-order valence-corrected chi connectivity index (χ4v) is 3.43. The average Bonchev–Trinajstić information content (AvgIpc) is 2.72. The highest BCUT2D eigenvalue weighted by Crippen LogP contribution is 2.32. The van der Waals surface area contributed by atoms with E-state index < -0.39 is 5.82 Å². The molecule has 2 rings (SSSR count). The van der Waals surface area contributed by atoms with E-state index in [-0.39, 0.29) is 16.1 Å². The molecule has 0 bridgehead atoms. The smallest absolute Gasteiger partial charge is 0.160 e. The number of hydrogen-bond acceptors (Lipinski definition) is 2. The van der Waals surface area contributed by atoms with Crippen LogP contribution < -0.4 is 5.32 Å². The zero-order chi connectivity index (χ0) is 13.3. The molecule has 18 heavy (non-hydrogen) atoms. The van der Waals surface area contributed by atoms with Crippen molar-refractivity contribution in [3.8, 4) is 0 Å². The van der Waals surface area contributed by atoms with Gasteiger partial charge < -0.3 is 5.32 Å². The Morgan fingerprint density at radius 1 is 1.28 bits per heavy atom. The van der Waals surface area contributed by atoms with Crippen LogP contribution in [0.25, 0.3) is 0 Å². The third-order valence-electron chi connectivity index (χ3n) is 2.39. The maximum absolute atomic E-state index is 13.3. The van der Waals surface area contributed by atoms with E-state index in [0.29, 0.717) is 5.69 Å². The van der Waals surface area contributed by atoms with Crippen LogP contribution in [0.4, 0.5) is 10.1 Å². The zero-order valence-electron chi connectivity index (χ0n) is 9.31. The van der Waals surface area contributed by atoms with Gasteiger partial charge in [0.15, 0.2) is 5.82 Å². The van der Waals surface area contributed by atoms with Crippen molar-refractivity contribution in [3.05, 3.63) is 48.8 Å². The van der Waals surface area contributed by atoms with Crippen molar-refractivity contribution in [2.45, 2.75) is 13.0 Å². The fourth-order valence-electron chi connectivity index (χ4n) is 1.52. The van der Waals surface area contributed by atoms with E-state index in [4.69, 9.17) is 23.2 Å². The maximum Gasteiger partial charge on any atom is 0.160 e. The molecule has 96 valence electrons. The van der Waals surface area contributed by atoms with E-state index in [1.54, 1.807) is 11.3 Å². The number of halogens is 4. The maximum atomic E-state index is 13.3. The van der Waals surface area contributed by atoms with Crippen LogP contribution in [0.15, 0.2) is 28.1 Å². The lowest BCUT2D eigenvalue weighted by Gasteiger charge is -2.14. The molecule has 6 heteroatoms. The topological polar surface area (TPSA) is 12.0 Å². The average molecular weight is 369 g/mol.